The number of benzene rings is 1. The molecule has 0 bridgehead atoms. The number of rotatable bonds is 2. The second-order valence-corrected chi connectivity index (χ2v) is 4.09. The van der Waals surface area contributed by atoms with Gasteiger partial charge in [-0.05, 0) is 25.0 Å². The van der Waals surface area contributed by atoms with Crippen molar-refractivity contribution in [2.75, 3.05) is 11.1 Å². The second kappa shape index (κ2) is 3.28. The van der Waals surface area contributed by atoms with Crippen LogP contribution in [0.3, 0.4) is 0 Å². The summed E-state index contributed by atoms with van der Waals surface area (Å²) >= 11 is 12.0. The van der Waals surface area contributed by atoms with Crippen molar-refractivity contribution in [3.63, 3.8) is 0 Å². The average molecular weight is 217 g/mol. The molecule has 0 amide bonds. The molecule has 0 heterocycles. The zero-order valence-electron chi connectivity index (χ0n) is 6.98. The van der Waals surface area contributed by atoms with Crippen LogP contribution in [0.2, 0.25) is 10.0 Å². The van der Waals surface area contributed by atoms with Gasteiger partial charge in [-0.2, -0.15) is 0 Å². The number of hydrogen-bond acceptors (Lipinski definition) is 2. The van der Waals surface area contributed by atoms with Crippen LogP contribution < -0.4 is 11.1 Å². The van der Waals surface area contributed by atoms with Crippen molar-refractivity contribution in [2.24, 2.45) is 0 Å². The summed E-state index contributed by atoms with van der Waals surface area (Å²) in [7, 11) is 0. The fourth-order valence-electron chi connectivity index (χ4n) is 1.16. The van der Waals surface area contributed by atoms with Gasteiger partial charge < -0.3 is 11.1 Å². The second-order valence-electron chi connectivity index (χ2n) is 3.28. The number of anilines is 2. The Kier molecular flexibility index (Phi) is 2.26. The Labute approximate surface area is 87.0 Å². The van der Waals surface area contributed by atoms with Crippen molar-refractivity contribution in [2.45, 2.75) is 18.9 Å². The normalized spacial score (nSPS) is 15.8. The Morgan fingerprint density at radius 3 is 2.23 bits per heavy atom. The topological polar surface area (TPSA) is 38.0 Å². The summed E-state index contributed by atoms with van der Waals surface area (Å²) in [5, 5.41) is 4.45. The van der Waals surface area contributed by atoms with E-state index in [-0.39, 0.29) is 0 Å². The maximum atomic E-state index is 5.98. The Hall–Kier alpha value is -0.600. The third-order valence-electron chi connectivity index (χ3n) is 1.99. The quantitative estimate of drug-likeness (QED) is 0.746. The minimum atomic E-state index is 0.540. The van der Waals surface area contributed by atoms with E-state index in [1.54, 1.807) is 12.1 Å². The van der Waals surface area contributed by atoms with E-state index >= 15 is 0 Å². The van der Waals surface area contributed by atoms with E-state index in [1.807, 2.05) is 0 Å². The van der Waals surface area contributed by atoms with Crippen LogP contribution in [0.4, 0.5) is 11.4 Å². The smallest absolute Gasteiger partial charge is 0.0722 e. The van der Waals surface area contributed by atoms with Crippen LogP contribution in [-0.4, -0.2) is 6.04 Å². The van der Waals surface area contributed by atoms with Crippen molar-refractivity contribution in [1.29, 1.82) is 0 Å². The van der Waals surface area contributed by atoms with Crippen LogP contribution in [-0.2, 0) is 0 Å². The highest BCUT2D eigenvalue weighted by Crippen LogP contribution is 2.36. The van der Waals surface area contributed by atoms with Crippen molar-refractivity contribution in [3.8, 4) is 0 Å². The lowest BCUT2D eigenvalue weighted by atomic mass is 10.3. The molecule has 0 radical (unpaired) electrons. The first-order valence-electron chi connectivity index (χ1n) is 4.18. The molecule has 1 saturated carbocycles. The number of nitrogens with two attached hydrogens (primary N) is 1. The summed E-state index contributed by atoms with van der Waals surface area (Å²) in [6, 6.07) is 3.95. The van der Waals surface area contributed by atoms with Crippen molar-refractivity contribution in [1.82, 2.24) is 0 Å². The zero-order chi connectivity index (χ0) is 9.42. The molecule has 1 aromatic rings. The summed E-state index contributed by atoms with van der Waals surface area (Å²) in [5.41, 5.74) is 6.98. The van der Waals surface area contributed by atoms with Crippen molar-refractivity contribution >= 4 is 34.6 Å². The minimum absolute atomic E-state index is 0.540. The fourth-order valence-corrected chi connectivity index (χ4v) is 1.78. The van der Waals surface area contributed by atoms with E-state index in [0.717, 1.165) is 5.69 Å². The summed E-state index contributed by atoms with van der Waals surface area (Å²) in [5.74, 6) is 0. The van der Waals surface area contributed by atoms with E-state index in [4.69, 9.17) is 28.9 Å². The molecule has 0 aliphatic heterocycles. The summed E-state index contributed by atoms with van der Waals surface area (Å²) in [6.07, 6.45) is 2.38. The van der Waals surface area contributed by atoms with Crippen LogP contribution in [0.15, 0.2) is 12.1 Å². The predicted octanol–water partition coefficient (Wildman–Crippen LogP) is 3.15. The van der Waals surface area contributed by atoms with Gasteiger partial charge in [0, 0.05) is 11.7 Å². The number of nitrogen functional groups attached to an aromatic ring is 1. The standard InChI is InChI=1S/C9H10Cl2N2/c10-7-3-5(12)4-8(11)9(7)13-6-1-2-6/h3-4,6,13H,1-2,12H2. The number of nitrogens with one attached hydrogen (secondary N) is 1. The average Bonchev–Trinajstić information content (AvgIpc) is 2.79. The molecule has 2 rings (SSSR count). The van der Waals surface area contributed by atoms with Crippen LogP contribution in [0.25, 0.3) is 0 Å². The lowest BCUT2D eigenvalue weighted by Crippen LogP contribution is -2.02. The molecule has 0 atom stereocenters. The van der Waals surface area contributed by atoms with Gasteiger partial charge in [0.2, 0.25) is 0 Å². The summed E-state index contributed by atoms with van der Waals surface area (Å²) in [6.45, 7) is 0. The maximum absolute atomic E-state index is 5.98. The predicted molar refractivity (Wildman–Crippen MR) is 57.5 cm³/mol. The van der Waals surface area contributed by atoms with Gasteiger partial charge in [-0.3, -0.25) is 0 Å². The fraction of sp³-hybridized carbons (Fsp3) is 0.333. The minimum Gasteiger partial charge on any atom is -0.399 e. The summed E-state index contributed by atoms with van der Waals surface area (Å²) < 4.78 is 0. The molecular weight excluding hydrogens is 207 g/mol. The molecule has 1 fully saturated rings. The van der Waals surface area contributed by atoms with Gasteiger partial charge in [0.1, 0.15) is 0 Å². The molecule has 0 aromatic heterocycles. The van der Waals surface area contributed by atoms with Gasteiger partial charge >= 0.3 is 0 Å². The lowest BCUT2D eigenvalue weighted by Gasteiger charge is -2.09. The number of halogens is 2. The third kappa shape index (κ3) is 2.01. The molecular formula is C9H10Cl2N2. The Morgan fingerprint density at radius 2 is 1.77 bits per heavy atom. The highest BCUT2D eigenvalue weighted by Gasteiger charge is 2.22. The van der Waals surface area contributed by atoms with E-state index in [2.05, 4.69) is 5.32 Å². The largest absolute Gasteiger partial charge is 0.399 e. The molecule has 1 aliphatic carbocycles. The molecule has 1 aromatic carbocycles. The van der Waals surface area contributed by atoms with Gasteiger partial charge in [0.25, 0.3) is 0 Å². The molecule has 70 valence electrons. The molecule has 4 heteroatoms. The van der Waals surface area contributed by atoms with E-state index in [1.165, 1.54) is 12.8 Å². The summed E-state index contributed by atoms with van der Waals surface area (Å²) in [4.78, 5) is 0. The van der Waals surface area contributed by atoms with Crippen LogP contribution in [0.1, 0.15) is 12.8 Å². The first-order chi connectivity index (χ1) is 6.16. The first-order valence-corrected chi connectivity index (χ1v) is 4.93. The maximum Gasteiger partial charge on any atom is 0.0722 e. The highest BCUT2D eigenvalue weighted by atomic mass is 35.5. The van der Waals surface area contributed by atoms with Gasteiger partial charge in [0.15, 0.2) is 0 Å². The van der Waals surface area contributed by atoms with Gasteiger partial charge in [-0.25, -0.2) is 0 Å². The SMILES string of the molecule is Nc1cc(Cl)c(NC2CC2)c(Cl)c1. The van der Waals surface area contributed by atoms with Gasteiger partial charge in [0.05, 0.1) is 15.7 Å². The molecule has 3 N–H and O–H groups in total. The molecule has 0 spiro atoms. The van der Waals surface area contributed by atoms with E-state index < -0.39 is 0 Å². The highest BCUT2D eigenvalue weighted by molar-refractivity contribution is 6.39. The van der Waals surface area contributed by atoms with Crippen LogP contribution >= 0.6 is 23.2 Å². The molecule has 0 saturated heterocycles. The molecule has 2 nitrogen and oxygen atoms in total. The van der Waals surface area contributed by atoms with Gasteiger partial charge in [-0.15, -0.1) is 0 Å². The Morgan fingerprint density at radius 1 is 1.23 bits per heavy atom. The van der Waals surface area contributed by atoms with Crippen LogP contribution in [0.5, 0.6) is 0 Å². The number of hydrogen-bond donors (Lipinski definition) is 2. The van der Waals surface area contributed by atoms with E-state index in [0.29, 0.717) is 21.8 Å². The van der Waals surface area contributed by atoms with Crippen LogP contribution in [0, 0.1) is 0 Å². The zero-order valence-corrected chi connectivity index (χ0v) is 8.49. The molecule has 1 aliphatic rings. The Bertz CT molecular complexity index is 311. The molecule has 13 heavy (non-hydrogen) atoms. The third-order valence-corrected chi connectivity index (χ3v) is 2.59. The van der Waals surface area contributed by atoms with Gasteiger partial charge in [-0.1, -0.05) is 23.2 Å². The monoisotopic (exact) mass is 216 g/mol. The Balaban J connectivity index is 2.31. The molecule has 0 unspecified atom stereocenters. The van der Waals surface area contributed by atoms with E-state index in [9.17, 15) is 0 Å². The van der Waals surface area contributed by atoms with Crippen molar-refractivity contribution < 1.29 is 0 Å². The van der Waals surface area contributed by atoms with Crippen molar-refractivity contribution in [3.05, 3.63) is 22.2 Å². The lowest BCUT2D eigenvalue weighted by molar-refractivity contribution is 1.16. The first kappa shape index (κ1) is 8.97.